The van der Waals surface area contributed by atoms with Gasteiger partial charge in [-0.3, -0.25) is 4.79 Å². The summed E-state index contributed by atoms with van der Waals surface area (Å²) in [6.45, 7) is 6.10. The SMILES string of the molecule is COC(=O)c1ccccc1NC(=O)C1=Cc2cc(O)c(C(C)(C)C)cc2OC1. The largest absolute Gasteiger partial charge is 0.508 e. The zero-order valence-electron chi connectivity index (χ0n) is 16.3. The molecule has 0 unspecified atom stereocenters. The van der Waals surface area contributed by atoms with Crippen LogP contribution >= 0.6 is 0 Å². The van der Waals surface area contributed by atoms with Crippen molar-refractivity contribution < 1.29 is 24.2 Å². The summed E-state index contributed by atoms with van der Waals surface area (Å²) in [5.74, 6) is -0.144. The van der Waals surface area contributed by atoms with Crippen LogP contribution in [0.25, 0.3) is 6.08 Å². The zero-order valence-corrected chi connectivity index (χ0v) is 16.3. The maximum Gasteiger partial charge on any atom is 0.339 e. The molecule has 2 aromatic carbocycles. The molecule has 146 valence electrons. The van der Waals surface area contributed by atoms with Gasteiger partial charge < -0.3 is 19.9 Å². The number of para-hydroxylation sites is 1. The minimum atomic E-state index is -0.533. The van der Waals surface area contributed by atoms with E-state index in [0.717, 1.165) is 5.56 Å². The Labute approximate surface area is 163 Å². The van der Waals surface area contributed by atoms with Gasteiger partial charge in [-0.25, -0.2) is 4.79 Å². The average Bonchev–Trinajstić information content (AvgIpc) is 2.65. The van der Waals surface area contributed by atoms with E-state index in [1.165, 1.54) is 7.11 Å². The van der Waals surface area contributed by atoms with E-state index in [4.69, 9.17) is 9.47 Å². The Morgan fingerprint density at radius 2 is 1.89 bits per heavy atom. The minimum Gasteiger partial charge on any atom is -0.508 e. The fraction of sp³-hybridized carbons (Fsp3) is 0.273. The Kier molecular flexibility index (Phi) is 5.14. The third kappa shape index (κ3) is 3.86. The number of esters is 1. The molecule has 3 rings (SSSR count). The Hall–Kier alpha value is -3.28. The third-order valence-electron chi connectivity index (χ3n) is 4.52. The summed E-state index contributed by atoms with van der Waals surface area (Å²) in [6, 6.07) is 10.0. The second-order valence-electron chi connectivity index (χ2n) is 7.61. The number of amides is 1. The molecule has 0 spiro atoms. The van der Waals surface area contributed by atoms with E-state index in [0.29, 0.717) is 22.6 Å². The van der Waals surface area contributed by atoms with Crippen molar-refractivity contribution in [2.24, 2.45) is 0 Å². The number of carbonyl (C=O) groups excluding carboxylic acids is 2. The van der Waals surface area contributed by atoms with Gasteiger partial charge in [-0.2, -0.15) is 0 Å². The van der Waals surface area contributed by atoms with E-state index in [1.54, 1.807) is 36.4 Å². The molecule has 0 fully saturated rings. The number of phenolic OH excluding ortho intramolecular Hbond substituents is 1. The van der Waals surface area contributed by atoms with E-state index in [2.05, 4.69) is 5.32 Å². The molecule has 2 N–H and O–H groups in total. The van der Waals surface area contributed by atoms with Gasteiger partial charge in [-0.1, -0.05) is 32.9 Å². The van der Waals surface area contributed by atoms with Crippen LogP contribution in [0.15, 0.2) is 42.0 Å². The van der Waals surface area contributed by atoms with Crippen molar-refractivity contribution in [3.05, 3.63) is 58.7 Å². The molecule has 0 atom stereocenters. The summed E-state index contributed by atoms with van der Waals surface area (Å²) >= 11 is 0. The summed E-state index contributed by atoms with van der Waals surface area (Å²) in [5, 5.41) is 13.1. The van der Waals surface area contributed by atoms with Crippen molar-refractivity contribution >= 4 is 23.6 Å². The first-order chi connectivity index (χ1) is 13.2. The lowest BCUT2D eigenvalue weighted by Crippen LogP contribution is -2.23. The van der Waals surface area contributed by atoms with Crippen LogP contribution in [0.2, 0.25) is 0 Å². The van der Waals surface area contributed by atoms with Gasteiger partial charge in [0.05, 0.1) is 23.9 Å². The van der Waals surface area contributed by atoms with Crippen molar-refractivity contribution in [2.75, 3.05) is 19.0 Å². The number of carbonyl (C=O) groups is 2. The topological polar surface area (TPSA) is 84.9 Å². The Morgan fingerprint density at radius 1 is 1.18 bits per heavy atom. The van der Waals surface area contributed by atoms with Crippen molar-refractivity contribution in [3.63, 3.8) is 0 Å². The quantitative estimate of drug-likeness (QED) is 0.788. The number of phenols is 1. The van der Waals surface area contributed by atoms with Gasteiger partial charge in [-0.05, 0) is 35.8 Å². The highest BCUT2D eigenvalue weighted by molar-refractivity contribution is 6.10. The molecular weight excluding hydrogens is 358 g/mol. The summed E-state index contributed by atoms with van der Waals surface area (Å²) in [4.78, 5) is 24.5. The van der Waals surface area contributed by atoms with E-state index in [9.17, 15) is 14.7 Å². The molecule has 6 nitrogen and oxygen atoms in total. The van der Waals surface area contributed by atoms with Crippen LogP contribution in [0, 0.1) is 0 Å². The number of benzene rings is 2. The number of rotatable bonds is 3. The first kappa shape index (κ1) is 19.5. The van der Waals surface area contributed by atoms with Crippen LogP contribution in [-0.4, -0.2) is 30.7 Å². The van der Waals surface area contributed by atoms with Gasteiger partial charge in [0, 0.05) is 11.1 Å². The number of fused-ring (bicyclic) bond motifs is 1. The first-order valence-corrected chi connectivity index (χ1v) is 8.90. The van der Waals surface area contributed by atoms with Crippen LogP contribution in [-0.2, 0) is 14.9 Å². The van der Waals surface area contributed by atoms with Crippen molar-refractivity contribution in [1.29, 1.82) is 0 Å². The first-order valence-electron chi connectivity index (χ1n) is 8.90. The number of nitrogens with one attached hydrogen (secondary N) is 1. The number of hydrogen-bond acceptors (Lipinski definition) is 5. The lowest BCUT2D eigenvalue weighted by molar-refractivity contribution is -0.113. The van der Waals surface area contributed by atoms with Gasteiger partial charge in [0.15, 0.2) is 0 Å². The third-order valence-corrected chi connectivity index (χ3v) is 4.52. The lowest BCUT2D eigenvalue weighted by Gasteiger charge is -2.24. The van der Waals surface area contributed by atoms with Crippen molar-refractivity contribution in [1.82, 2.24) is 0 Å². The summed E-state index contributed by atoms with van der Waals surface area (Å²) < 4.78 is 10.5. The van der Waals surface area contributed by atoms with Gasteiger partial charge in [0.1, 0.15) is 18.1 Å². The molecule has 0 aromatic heterocycles. The highest BCUT2D eigenvalue weighted by atomic mass is 16.5. The molecule has 0 saturated heterocycles. The molecule has 0 aliphatic carbocycles. The highest BCUT2D eigenvalue weighted by Crippen LogP contribution is 2.38. The average molecular weight is 381 g/mol. The molecule has 0 radical (unpaired) electrons. The number of anilines is 1. The maximum absolute atomic E-state index is 12.7. The lowest BCUT2D eigenvalue weighted by atomic mass is 9.85. The predicted molar refractivity (Wildman–Crippen MR) is 107 cm³/mol. The van der Waals surface area contributed by atoms with Gasteiger partial charge >= 0.3 is 5.97 Å². The van der Waals surface area contributed by atoms with Crippen molar-refractivity contribution in [3.8, 4) is 11.5 Å². The molecule has 1 aliphatic rings. The molecular formula is C22H23NO5. The Bertz CT molecular complexity index is 969. The number of aromatic hydroxyl groups is 1. The van der Waals surface area contributed by atoms with Crippen LogP contribution in [0.1, 0.15) is 42.3 Å². The van der Waals surface area contributed by atoms with Crippen LogP contribution < -0.4 is 10.1 Å². The van der Waals surface area contributed by atoms with Gasteiger partial charge in [-0.15, -0.1) is 0 Å². The van der Waals surface area contributed by atoms with E-state index >= 15 is 0 Å². The molecule has 1 heterocycles. The molecule has 6 heteroatoms. The standard InChI is InChI=1S/C22H23NO5/c1-22(2,3)16-11-19-13(10-18(16)24)9-14(12-28-19)20(25)23-17-8-6-5-7-15(17)21(26)27-4/h5-11,24H,12H2,1-4H3,(H,23,25). The van der Waals surface area contributed by atoms with Crippen LogP contribution in [0.4, 0.5) is 5.69 Å². The van der Waals surface area contributed by atoms with Crippen LogP contribution in [0.3, 0.4) is 0 Å². The van der Waals surface area contributed by atoms with Crippen LogP contribution in [0.5, 0.6) is 11.5 Å². The molecule has 0 bridgehead atoms. The molecule has 1 amide bonds. The minimum absolute atomic E-state index is 0.0909. The molecule has 28 heavy (non-hydrogen) atoms. The smallest absolute Gasteiger partial charge is 0.339 e. The zero-order chi connectivity index (χ0) is 20.5. The fourth-order valence-electron chi connectivity index (χ4n) is 3.02. The predicted octanol–water partition coefficient (Wildman–Crippen LogP) is 3.89. The molecule has 0 saturated carbocycles. The van der Waals surface area contributed by atoms with Gasteiger partial charge in [0.25, 0.3) is 5.91 Å². The van der Waals surface area contributed by atoms with E-state index in [-0.39, 0.29) is 29.2 Å². The van der Waals surface area contributed by atoms with E-state index in [1.807, 2.05) is 26.8 Å². The second kappa shape index (κ2) is 7.38. The number of ether oxygens (including phenoxy) is 2. The van der Waals surface area contributed by atoms with Crippen molar-refractivity contribution in [2.45, 2.75) is 26.2 Å². The maximum atomic E-state index is 12.7. The van der Waals surface area contributed by atoms with E-state index < -0.39 is 5.97 Å². The fourth-order valence-corrected chi connectivity index (χ4v) is 3.02. The number of hydrogen-bond donors (Lipinski definition) is 2. The Morgan fingerprint density at radius 3 is 2.57 bits per heavy atom. The Balaban J connectivity index is 1.88. The summed E-state index contributed by atoms with van der Waals surface area (Å²) in [7, 11) is 1.29. The number of methoxy groups -OCH3 is 1. The van der Waals surface area contributed by atoms with Gasteiger partial charge in [0.2, 0.25) is 0 Å². The molecule has 2 aromatic rings. The summed E-state index contributed by atoms with van der Waals surface area (Å²) in [6.07, 6.45) is 1.68. The monoisotopic (exact) mass is 381 g/mol. The normalized spacial score (nSPS) is 13.1. The summed E-state index contributed by atoms with van der Waals surface area (Å²) in [5.41, 5.74) is 2.18. The molecule has 1 aliphatic heterocycles. The highest BCUT2D eigenvalue weighted by Gasteiger charge is 2.24. The second-order valence-corrected chi connectivity index (χ2v) is 7.61.